The van der Waals surface area contributed by atoms with Gasteiger partial charge in [0.2, 0.25) is 0 Å². The molecular formula is C13H17N2O3. The van der Waals surface area contributed by atoms with E-state index in [1.54, 1.807) is 12.0 Å². The highest BCUT2D eigenvalue weighted by molar-refractivity contribution is 5.77. The first-order valence-electron chi connectivity index (χ1n) is 5.99. The van der Waals surface area contributed by atoms with Crippen LogP contribution >= 0.6 is 0 Å². The fraction of sp³-hybridized carbons (Fsp3) is 0.462. The van der Waals surface area contributed by atoms with E-state index in [1.807, 2.05) is 24.3 Å². The molecule has 1 saturated heterocycles. The van der Waals surface area contributed by atoms with E-state index in [9.17, 15) is 9.90 Å². The average Bonchev–Trinajstić information content (AvgIpc) is 2.46. The number of hydrogen-bond donors (Lipinski definition) is 0. The molecular weight excluding hydrogens is 232 g/mol. The minimum atomic E-state index is -0.654. The van der Waals surface area contributed by atoms with Gasteiger partial charge in [0.15, 0.2) is 6.61 Å². The number of methoxy groups -OCH3 is 1. The number of amides is 1. The normalized spacial score (nSPS) is 15.7. The van der Waals surface area contributed by atoms with E-state index in [1.165, 1.54) is 0 Å². The summed E-state index contributed by atoms with van der Waals surface area (Å²) in [7, 11) is 1.64. The molecule has 0 aromatic heterocycles. The van der Waals surface area contributed by atoms with Gasteiger partial charge >= 0.3 is 0 Å². The molecule has 0 unspecified atom stereocenters. The molecule has 2 rings (SSSR count). The molecule has 1 aliphatic heterocycles. The molecule has 1 heterocycles. The van der Waals surface area contributed by atoms with Crippen molar-refractivity contribution in [2.45, 2.75) is 0 Å². The van der Waals surface area contributed by atoms with Crippen LogP contribution in [0.5, 0.6) is 5.75 Å². The van der Waals surface area contributed by atoms with Gasteiger partial charge in [0.1, 0.15) is 5.75 Å². The molecule has 1 aromatic rings. The van der Waals surface area contributed by atoms with Gasteiger partial charge < -0.3 is 14.5 Å². The SMILES string of the molecule is COc1cccc(N2CCN(C(=O)C[O])CC2)c1. The molecule has 1 radical (unpaired) electrons. The number of hydrogen-bond acceptors (Lipinski definition) is 3. The lowest BCUT2D eigenvalue weighted by atomic mass is 10.2. The Labute approximate surface area is 107 Å². The number of ether oxygens (including phenoxy) is 1. The molecule has 1 amide bonds. The van der Waals surface area contributed by atoms with Gasteiger partial charge in [0, 0.05) is 37.9 Å². The van der Waals surface area contributed by atoms with Crippen molar-refractivity contribution in [3.63, 3.8) is 0 Å². The van der Waals surface area contributed by atoms with Gasteiger partial charge in [-0.25, -0.2) is 5.11 Å². The third-order valence-electron chi connectivity index (χ3n) is 3.17. The van der Waals surface area contributed by atoms with Gasteiger partial charge in [-0.2, -0.15) is 0 Å². The summed E-state index contributed by atoms with van der Waals surface area (Å²) < 4.78 is 5.19. The fourth-order valence-electron chi connectivity index (χ4n) is 2.11. The second-order valence-corrected chi connectivity index (χ2v) is 4.21. The number of rotatable bonds is 3. The summed E-state index contributed by atoms with van der Waals surface area (Å²) in [5.74, 6) is 0.519. The number of carbonyl (C=O) groups is 1. The Morgan fingerprint density at radius 1 is 1.28 bits per heavy atom. The van der Waals surface area contributed by atoms with Crippen LogP contribution in [0.4, 0.5) is 5.69 Å². The van der Waals surface area contributed by atoms with Crippen molar-refractivity contribution in [2.75, 3.05) is 44.8 Å². The van der Waals surface area contributed by atoms with Crippen LogP contribution in [0, 0.1) is 0 Å². The molecule has 0 aliphatic carbocycles. The van der Waals surface area contributed by atoms with Crippen LogP contribution < -0.4 is 9.64 Å². The van der Waals surface area contributed by atoms with Gasteiger partial charge in [0.25, 0.3) is 5.91 Å². The monoisotopic (exact) mass is 249 g/mol. The number of piperazine rings is 1. The zero-order valence-electron chi connectivity index (χ0n) is 10.5. The molecule has 0 N–H and O–H groups in total. The molecule has 5 nitrogen and oxygen atoms in total. The molecule has 1 fully saturated rings. The lowest BCUT2D eigenvalue weighted by molar-refractivity contribution is -0.136. The summed E-state index contributed by atoms with van der Waals surface area (Å²) >= 11 is 0. The van der Waals surface area contributed by atoms with Gasteiger partial charge in [0.05, 0.1) is 7.11 Å². The zero-order valence-corrected chi connectivity index (χ0v) is 10.5. The number of carbonyl (C=O) groups excluding carboxylic acids is 1. The first-order valence-corrected chi connectivity index (χ1v) is 5.99. The lowest BCUT2D eigenvalue weighted by Crippen LogP contribution is -2.49. The second kappa shape index (κ2) is 5.73. The first-order chi connectivity index (χ1) is 8.74. The molecule has 18 heavy (non-hydrogen) atoms. The van der Waals surface area contributed by atoms with E-state index in [2.05, 4.69) is 4.90 Å². The Morgan fingerprint density at radius 2 is 2.00 bits per heavy atom. The van der Waals surface area contributed by atoms with Crippen LogP contribution in [0.3, 0.4) is 0 Å². The average molecular weight is 249 g/mol. The van der Waals surface area contributed by atoms with Gasteiger partial charge in [-0.05, 0) is 12.1 Å². The summed E-state index contributed by atoms with van der Waals surface area (Å²) in [6.45, 7) is 2.06. The van der Waals surface area contributed by atoms with Crippen molar-refractivity contribution in [1.29, 1.82) is 0 Å². The molecule has 5 heteroatoms. The lowest BCUT2D eigenvalue weighted by Gasteiger charge is -2.35. The van der Waals surface area contributed by atoms with Crippen LogP contribution in [0.25, 0.3) is 0 Å². The van der Waals surface area contributed by atoms with E-state index >= 15 is 0 Å². The Kier molecular flexibility index (Phi) is 4.04. The second-order valence-electron chi connectivity index (χ2n) is 4.21. The van der Waals surface area contributed by atoms with Gasteiger partial charge in [-0.3, -0.25) is 4.79 Å². The number of nitrogens with zero attached hydrogens (tertiary/aromatic N) is 2. The third kappa shape index (κ3) is 2.73. The van der Waals surface area contributed by atoms with E-state index < -0.39 is 6.61 Å². The van der Waals surface area contributed by atoms with E-state index in [0.717, 1.165) is 24.5 Å². The highest BCUT2D eigenvalue weighted by atomic mass is 16.5. The Morgan fingerprint density at radius 3 is 2.61 bits per heavy atom. The van der Waals surface area contributed by atoms with Crippen molar-refractivity contribution < 1.29 is 14.6 Å². The van der Waals surface area contributed by atoms with Crippen LogP contribution in [-0.4, -0.2) is 50.7 Å². The molecule has 0 spiro atoms. The maximum atomic E-state index is 11.3. The van der Waals surface area contributed by atoms with Crippen LogP contribution in [0.2, 0.25) is 0 Å². The quantitative estimate of drug-likeness (QED) is 0.795. The summed E-state index contributed by atoms with van der Waals surface area (Å²) in [5, 5.41) is 10.5. The third-order valence-corrected chi connectivity index (χ3v) is 3.17. The van der Waals surface area contributed by atoms with Crippen molar-refractivity contribution in [2.24, 2.45) is 0 Å². The molecule has 0 atom stereocenters. The first kappa shape index (κ1) is 12.7. The van der Waals surface area contributed by atoms with Gasteiger partial charge in [-0.1, -0.05) is 6.07 Å². The molecule has 97 valence electrons. The Bertz CT molecular complexity index is 414. The van der Waals surface area contributed by atoms with Crippen LogP contribution in [0.1, 0.15) is 0 Å². The van der Waals surface area contributed by atoms with E-state index in [4.69, 9.17) is 4.74 Å². The smallest absolute Gasteiger partial charge is 0.252 e. The standard InChI is InChI=1S/C13H17N2O3/c1-18-12-4-2-3-11(9-12)14-5-7-15(8-6-14)13(17)10-16/h2-4,9H,5-8,10H2,1H3. The molecule has 0 saturated carbocycles. The zero-order chi connectivity index (χ0) is 13.0. The highest BCUT2D eigenvalue weighted by Crippen LogP contribution is 2.21. The maximum absolute atomic E-state index is 11.3. The van der Waals surface area contributed by atoms with Crippen molar-refractivity contribution in [3.8, 4) is 5.75 Å². The Hall–Kier alpha value is -1.75. The number of anilines is 1. The van der Waals surface area contributed by atoms with Crippen molar-refractivity contribution in [3.05, 3.63) is 24.3 Å². The largest absolute Gasteiger partial charge is 0.497 e. The predicted molar refractivity (Wildman–Crippen MR) is 67.3 cm³/mol. The van der Waals surface area contributed by atoms with Crippen molar-refractivity contribution >= 4 is 11.6 Å². The maximum Gasteiger partial charge on any atom is 0.252 e. The van der Waals surface area contributed by atoms with Gasteiger partial charge in [-0.15, -0.1) is 0 Å². The summed E-state index contributed by atoms with van der Waals surface area (Å²) in [6.07, 6.45) is 0. The molecule has 1 aliphatic rings. The predicted octanol–water partition coefficient (Wildman–Crippen LogP) is 0.774. The summed E-state index contributed by atoms with van der Waals surface area (Å²) in [6, 6.07) is 7.85. The highest BCUT2D eigenvalue weighted by Gasteiger charge is 2.20. The molecule has 1 aromatic carbocycles. The van der Waals surface area contributed by atoms with E-state index in [0.29, 0.717) is 13.1 Å². The number of benzene rings is 1. The Balaban J connectivity index is 1.98. The van der Waals surface area contributed by atoms with Crippen LogP contribution in [-0.2, 0) is 9.90 Å². The molecule has 0 bridgehead atoms. The fourth-order valence-corrected chi connectivity index (χ4v) is 2.11. The van der Waals surface area contributed by atoms with Crippen LogP contribution in [0.15, 0.2) is 24.3 Å². The van der Waals surface area contributed by atoms with E-state index in [-0.39, 0.29) is 5.91 Å². The van der Waals surface area contributed by atoms with Crippen molar-refractivity contribution in [1.82, 2.24) is 4.90 Å². The summed E-state index contributed by atoms with van der Waals surface area (Å²) in [4.78, 5) is 15.1. The minimum absolute atomic E-state index is 0.305. The minimum Gasteiger partial charge on any atom is -0.497 e. The summed E-state index contributed by atoms with van der Waals surface area (Å²) in [5.41, 5.74) is 1.09. The topological polar surface area (TPSA) is 52.7 Å².